The molecule has 3 fully saturated rings. The molecule has 4 aliphatic rings. The van der Waals surface area contributed by atoms with E-state index < -0.39 is 0 Å². The number of benzene rings is 1. The van der Waals surface area contributed by atoms with Crippen molar-refractivity contribution < 1.29 is 14.7 Å². The number of halogens is 1. The van der Waals surface area contributed by atoms with Gasteiger partial charge in [-0.25, -0.2) is 0 Å². The molecule has 7 nitrogen and oxygen atoms in total. The van der Waals surface area contributed by atoms with Crippen molar-refractivity contribution in [3.63, 3.8) is 0 Å². The third-order valence-electron chi connectivity index (χ3n) is 5.18. The van der Waals surface area contributed by atoms with E-state index in [9.17, 15) is 14.7 Å². The number of allylic oxidation sites excluding steroid dienone is 1. The predicted molar refractivity (Wildman–Crippen MR) is 118 cm³/mol. The van der Waals surface area contributed by atoms with Gasteiger partial charge in [-0.1, -0.05) is 11.6 Å². The van der Waals surface area contributed by atoms with Gasteiger partial charge in [-0.05, 0) is 24.3 Å². The first-order valence-electron chi connectivity index (χ1n) is 9.56. The van der Waals surface area contributed by atoms with Crippen LogP contribution >= 0.6 is 11.6 Å². The van der Waals surface area contributed by atoms with E-state index in [1.807, 2.05) is 20.8 Å². The Morgan fingerprint density at radius 2 is 1.53 bits per heavy atom. The molecule has 4 heterocycles. The van der Waals surface area contributed by atoms with Gasteiger partial charge in [-0.2, -0.15) is 0 Å². The van der Waals surface area contributed by atoms with Crippen LogP contribution in [0.1, 0.15) is 0 Å². The number of aromatic nitrogens is 1. The third-order valence-corrected chi connectivity index (χ3v) is 5.51. The van der Waals surface area contributed by atoms with Crippen molar-refractivity contribution in [3.8, 4) is 5.75 Å². The molecule has 9 heteroatoms. The molecule has 1 aliphatic carbocycles. The van der Waals surface area contributed by atoms with E-state index in [-0.39, 0.29) is 37.1 Å². The molecule has 154 valence electrons. The minimum atomic E-state index is 0. The van der Waals surface area contributed by atoms with E-state index in [1.165, 1.54) is 12.1 Å². The number of hydrogen-bond acceptors (Lipinski definition) is 7. The van der Waals surface area contributed by atoms with Crippen LogP contribution in [-0.2, 0) is 9.59 Å². The summed E-state index contributed by atoms with van der Waals surface area (Å²) in [6, 6.07) is 6.80. The topological polar surface area (TPSA) is 76.3 Å². The molecule has 0 amide bonds. The number of phenols is 1. The number of aromatic hydroxyl groups is 1. The average Bonchev–Trinajstić information content (AvgIpc) is 3.57. The number of carbonyl (C=O) groups is 2. The molecule has 1 N–H and O–H groups in total. The summed E-state index contributed by atoms with van der Waals surface area (Å²) in [5, 5.41) is 10.8. The Labute approximate surface area is 191 Å². The molecule has 30 heavy (non-hydrogen) atoms. The van der Waals surface area contributed by atoms with Crippen LogP contribution in [0.15, 0.2) is 53.6 Å². The second kappa shape index (κ2) is 8.01. The van der Waals surface area contributed by atoms with Gasteiger partial charge in [0.05, 0.1) is 10.7 Å². The van der Waals surface area contributed by atoms with Crippen molar-refractivity contribution in [3.05, 3.63) is 58.7 Å². The zero-order chi connectivity index (χ0) is 20.1. The van der Waals surface area contributed by atoms with Gasteiger partial charge in [0.1, 0.15) is 22.7 Å². The number of fused-ring (bicyclic) bond motifs is 1. The third kappa shape index (κ3) is 3.95. The molecule has 3 aliphatic heterocycles. The van der Waals surface area contributed by atoms with Crippen molar-refractivity contribution >= 4 is 53.9 Å². The summed E-state index contributed by atoms with van der Waals surface area (Å²) in [5.41, 5.74) is 2.43. The molecule has 2 aromatic rings. The number of phenolic OH excluding ortho intramolecular Hbond substituents is 1. The Hall–Kier alpha value is -2.42. The summed E-state index contributed by atoms with van der Waals surface area (Å²) < 4.78 is 0. The van der Waals surface area contributed by atoms with Crippen molar-refractivity contribution in [2.75, 3.05) is 39.3 Å². The molecule has 0 atom stereocenters. The number of ketones is 2. The van der Waals surface area contributed by atoms with E-state index >= 15 is 0 Å². The summed E-state index contributed by atoms with van der Waals surface area (Å²) in [6.45, 7) is 5.41. The molecule has 0 spiro atoms. The second-order valence-electron chi connectivity index (χ2n) is 7.35. The zero-order valence-electron chi connectivity index (χ0n) is 15.6. The number of pyridine rings is 1. The van der Waals surface area contributed by atoms with Gasteiger partial charge in [0, 0.05) is 56.9 Å². The molecule has 0 radical (unpaired) electrons. The number of hydrogen-bond donors (Lipinski definition) is 1. The average molecular weight is 484 g/mol. The number of nitrogens with zero attached hydrogens (tertiary/aromatic N) is 4. The molecule has 0 saturated carbocycles. The molecule has 0 unspecified atom stereocenters. The first-order chi connectivity index (χ1) is 14.0. The monoisotopic (exact) mass is 482 g/mol. The normalized spacial score (nSPS) is 19.2. The standard InChI is InChI=1S/C12H13N3O2.C9H6ClNO.Ga.3H/c16-9-7-8(13-1-2-13)12(17)11(15-5-6-15)10(9)14-3-4-14;10-7-3-4-8(12)9-6(7)2-1-5-11-9;;;;/h7H,1-6H2;1-5,12H;;;;. The molecule has 6 rings (SSSR count). The van der Waals surface area contributed by atoms with Crippen LogP contribution in [0.25, 0.3) is 10.9 Å². The number of Topliss-reactive ketones (excluding diaryl/α,β-unsaturated/α-hetero) is 1. The Balaban J connectivity index is 0.000000149. The first-order valence-corrected chi connectivity index (χ1v) is 9.94. The van der Waals surface area contributed by atoms with Gasteiger partial charge in [0.25, 0.3) is 0 Å². The van der Waals surface area contributed by atoms with Crippen molar-refractivity contribution in [1.82, 2.24) is 19.7 Å². The van der Waals surface area contributed by atoms with Crippen LogP contribution in [0.4, 0.5) is 0 Å². The molecule has 3 saturated heterocycles. The van der Waals surface area contributed by atoms with Crippen LogP contribution < -0.4 is 0 Å². The summed E-state index contributed by atoms with van der Waals surface area (Å²) in [4.78, 5) is 34.5. The maximum atomic E-state index is 12.4. The fourth-order valence-corrected chi connectivity index (χ4v) is 3.61. The van der Waals surface area contributed by atoms with E-state index in [1.54, 1.807) is 18.3 Å². The van der Waals surface area contributed by atoms with Crippen molar-refractivity contribution in [2.24, 2.45) is 0 Å². The van der Waals surface area contributed by atoms with Crippen LogP contribution in [0.2, 0.25) is 5.02 Å². The van der Waals surface area contributed by atoms with Crippen LogP contribution in [0, 0.1) is 0 Å². The molecule has 1 aromatic heterocycles. The van der Waals surface area contributed by atoms with E-state index in [0.717, 1.165) is 44.7 Å². The molecule has 1 aromatic carbocycles. The first kappa shape index (κ1) is 20.8. The fourth-order valence-electron chi connectivity index (χ4n) is 3.40. The summed E-state index contributed by atoms with van der Waals surface area (Å²) in [6.07, 6.45) is 3.15. The Morgan fingerprint density at radius 1 is 0.900 bits per heavy atom. The maximum absolute atomic E-state index is 12.4. The van der Waals surface area contributed by atoms with Crippen LogP contribution in [0.3, 0.4) is 0 Å². The van der Waals surface area contributed by atoms with E-state index in [2.05, 4.69) is 4.98 Å². The van der Waals surface area contributed by atoms with Gasteiger partial charge in [0.15, 0.2) is 0 Å². The number of carbonyl (C=O) groups excluding carboxylic acids is 2. The van der Waals surface area contributed by atoms with Gasteiger partial charge in [0.2, 0.25) is 11.6 Å². The van der Waals surface area contributed by atoms with Crippen molar-refractivity contribution in [1.29, 1.82) is 0 Å². The second-order valence-corrected chi connectivity index (χ2v) is 7.75. The van der Waals surface area contributed by atoms with Gasteiger partial charge >= 0.3 is 19.8 Å². The molecular formula is C21H22ClGaN4O3. The predicted octanol–water partition coefficient (Wildman–Crippen LogP) is 0.590. The summed E-state index contributed by atoms with van der Waals surface area (Å²) >= 11 is 5.88. The quantitative estimate of drug-likeness (QED) is 0.389. The Kier molecular flexibility index (Phi) is 5.57. The van der Waals surface area contributed by atoms with E-state index in [0.29, 0.717) is 27.6 Å². The Morgan fingerprint density at radius 3 is 2.13 bits per heavy atom. The summed E-state index contributed by atoms with van der Waals surface area (Å²) in [5.74, 6) is 0.211. The SMILES string of the molecule is O=C1C=C(N2CC2)C(=O)C(N2CC2)=C1N1CC1.Oc1ccc(Cl)c2cccnc12.[GaH3]. The van der Waals surface area contributed by atoms with Gasteiger partial charge in [-0.15, -0.1) is 0 Å². The zero-order valence-corrected chi connectivity index (χ0v) is 16.4. The molecule has 0 bridgehead atoms. The van der Waals surface area contributed by atoms with Crippen LogP contribution in [-0.4, -0.2) is 95.4 Å². The minimum absolute atomic E-state index is 0. The fraction of sp³-hybridized carbons (Fsp3) is 0.286. The van der Waals surface area contributed by atoms with Gasteiger partial charge < -0.3 is 19.8 Å². The van der Waals surface area contributed by atoms with Crippen molar-refractivity contribution in [2.45, 2.75) is 0 Å². The van der Waals surface area contributed by atoms with E-state index in [4.69, 9.17) is 11.6 Å². The Bertz CT molecular complexity index is 1060. The summed E-state index contributed by atoms with van der Waals surface area (Å²) in [7, 11) is 0. The van der Waals surface area contributed by atoms with Crippen LogP contribution in [0.5, 0.6) is 5.75 Å². The van der Waals surface area contributed by atoms with Gasteiger partial charge in [-0.3, -0.25) is 14.6 Å². The number of rotatable bonds is 3. The molecular weight excluding hydrogens is 461 g/mol.